The van der Waals surface area contributed by atoms with Crippen molar-refractivity contribution in [3.8, 4) is 39.4 Å². The van der Waals surface area contributed by atoms with Gasteiger partial charge in [-0.1, -0.05) is 107 Å². The molecule has 0 radical (unpaired) electrons. The lowest BCUT2D eigenvalue weighted by molar-refractivity contribution is -0.744. The monoisotopic (exact) mass is 926 g/mol. The van der Waals surface area contributed by atoms with Crippen LogP contribution in [0.15, 0.2) is 159 Å². The number of Topliss-reactive ketones (excluding diaryl/α,β-unsaturated/α-hetero) is 1. The minimum absolute atomic E-state index is 0.0861. The van der Waals surface area contributed by atoms with Gasteiger partial charge in [0.2, 0.25) is 24.3 Å². The minimum Gasteiger partial charge on any atom is -0.294 e. The Labute approximate surface area is 393 Å². The number of hydrogen-bond donors (Lipinski definition) is 0. The summed E-state index contributed by atoms with van der Waals surface area (Å²) < 4.78 is 66.5. The van der Waals surface area contributed by atoms with Gasteiger partial charge in [0.05, 0.1) is 30.8 Å². The van der Waals surface area contributed by atoms with E-state index >= 15 is 0 Å². The summed E-state index contributed by atoms with van der Waals surface area (Å²) in [5.74, 6) is -6.36. The Morgan fingerprint density at radius 2 is 1.13 bits per heavy atom. The van der Waals surface area contributed by atoms with Gasteiger partial charge in [-0.3, -0.25) is 9.78 Å². The van der Waals surface area contributed by atoms with E-state index in [-0.39, 0.29) is 22.5 Å². The second kappa shape index (κ2) is 21.7. The summed E-state index contributed by atoms with van der Waals surface area (Å²) in [6.45, 7) is 11.2. The minimum atomic E-state index is -1.82. The Bertz CT molecular complexity index is 3080. The number of rotatable bonds is 6. The van der Waals surface area contributed by atoms with Crippen LogP contribution in [0.4, 0.5) is 17.6 Å². The third-order valence-corrected chi connectivity index (χ3v) is 11.4. The smallest absolute Gasteiger partial charge is 0.238 e. The van der Waals surface area contributed by atoms with Crippen molar-refractivity contribution in [1.82, 2.24) is 19.0 Å². The van der Waals surface area contributed by atoms with Crippen molar-refractivity contribution < 1.29 is 36.4 Å². The van der Waals surface area contributed by atoms with Crippen molar-refractivity contribution in [2.45, 2.75) is 41.5 Å². The number of halogens is 5. The van der Waals surface area contributed by atoms with E-state index in [1.54, 1.807) is 13.0 Å². The lowest BCUT2D eigenvalue weighted by Crippen LogP contribution is -2.39. The first kappa shape index (κ1) is 49.0. The molecular weight excluding hydrogens is 874 g/mol. The molecule has 9 rings (SSSR count). The summed E-state index contributed by atoms with van der Waals surface area (Å²) in [6, 6.07) is 39.2. The van der Waals surface area contributed by atoms with Gasteiger partial charge in [0.15, 0.2) is 43.1 Å². The van der Waals surface area contributed by atoms with Gasteiger partial charge < -0.3 is 0 Å². The maximum absolute atomic E-state index is 14.0. The predicted molar refractivity (Wildman–Crippen MR) is 254 cm³/mol. The van der Waals surface area contributed by atoms with E-state index in [1.165, 1.54) is 47.3 Å². The number of ketones is 1. The lowest BCUT2D eigenvalue weighted by Gasteiger charge is -2.11. The van der Waals surface area contributed by atoms with Gasteiger partial charge >= 0.3 is 0 Å². The summed E-state index contributed by atoms with van der Waals surface area (Å²) in [6.07, 6.45) is 10.9. The van der Waals surface area contributed by atoms with Crippen molar-refractivity contribution in [2.24, 2.45) is 21.1 Å². The van der Waals surface area contributed by atoms with Crippen molar-refractivity contribution in [3.05, 3.63) is 220 Å². The molecule has 0 aliphatic rings. The van der Waals surface area contributed by atoms with E-state index in [0.29, 0.717) is 5.69 Å². The molecule has 5 aromatic carbocycles. The van der Waals surface area contributed by atoms with Gasteiger partial charge in [-0.25, -0.2) is 17.6 Å². The largest absolute Gasteiger partial charge is 0.294 e. The van der Waals surface area contributed by atoms with Crippen LogP contribution in [-0.2, 0) is 21.1 Å². The molecule has 0 aliphatic heterocycles. The molecule has 8 nitrogen and oxygen atoms in total. The molecular formula is C54H53ClF4N7O+3. The van der Waals surface area contributed by atoms with Gasteiger partial charge in [0.25, 0.3) is 0 Å². The van der Waals surface area contributed by atoms with Crippen LogP contribution in [0.1, 0.15) is 45.2 Å². The fraction of sp³-hybridized carbons (Fsp3) is 0.167. The highest BCUT2D eigenvalue weighted by atomic mass is 35.5. The third kappa shape index (κ3) is 11.3. The summed E-state index contributed by atoms with van der Waals surface area (Å²) in [5, 5.41) is 0.746. The highest BCUT2D eigenvalue weighted by Gasteiger charge is 2.24. The molecule has 9 aromatic rings. The number of carbonyl (C=O) groups is 1. The van der Waals surface area contributed by atoms with Gasteiger partial charge in [0, 0.05) is 40.6 Å². The number of aryl methyl sites for hydroxylation is 6. The molecule has 0 spiro atoms. The molecule has 0 aliphatic carbocycles. The highest BCUT2D eigenvalue weighted by Crippen LogP contribution is 2.32. The zero-order valence-corrected chi connectivity index (χ0v) is 39.7. The molecule has 0 bridgehead atoms. The zero-order valence-electron chi connectivity index (χ0n) is 38.9. The van der Waals surface area contributed by atoms with Gasteiger partial charge in [-0.15, -0.1) is 18.7 Å². The average molecular weight is 928 g/mol. The summed E-state index contributed by atoms with van der Waals surface area (Å²) >= 11 is 5.93. The quantitative estimate of drug-likeness (QED) is 0.0548. The molecule has 0 unspecified atom stereocenters. The topological polar surface area (TPSA) is 56.4 Å². The molecule has 0 amide bonds. The Kier molecular flexibility index (Phi) is 15.9. The lowest BCUT2D eigenvalue weighted by atomic mass is 9.99. The molecule has 13 heteroatoms. The van der Waals surface area contributed by atoms with Crippen molar-refractivity contribution in [1.29, 1.82) is 0 Å². The van der Waals surface area contributed by atoms with Crippen LogP contribution in [0.5, 0.6) is 0 Å². The number of carbonyl (C=O) groups excluding carboxylic acids is 1. The van der Waals surface area contributed by atoms with Gasteiger partial charge in [0.1, 0.15) is 22.0 Å². The van der Waals surface area contributed by atoms with Crippen molar-refractivity contribution in [2.75, 3.05) is 0 Å². The predicted octanol–water partition coefficient (Wildman–Crippen LogP) is 11.3. The summed E-state index contributed by atoms with van der Waals surface area (Å²) in [4.78, 5) is 15.5. The first-order chi connectivity index (χ1) is 32.0. The van der Waals surface area contributed by atoms with Crippen LogP contribution in [0.2, 0.25) is 5.02 Å². The Balaban J connectivity index is 0.000000151. The maximum atomic E-state index is 14.0. The summed E-state index contributed by atoms with van der Waals surface area (Å²) in [5.41, 5.74) is 10.2. The van der Waals surface area contributed by atoms with Crippen LogP contribution >= 0.6 is 11.6 Å². The number of para-hydroxylation sites is 3. The van der Waals surface area contributed by atoms with E-state index < -0.39 is 23.3 Å². The van der Waals surface area contributed by atoms with Crippen LogP contribution in [0.25, 0.3) is 39.4 Å². The fourth-order valence-electron chi connectivity index (χ4n) is 7.33. The summed E-state index contributed by atoms with van der Waals surface area (Å²) in [7, 11) is 5.97. The molecule has 0 fully saturated rings. The molecule has 0 N–H and O–H groups in total. The van der Waals surface area contributed by atoms with Crippen molar-refractivity contribution in [3.63, 3.8) is 0 Å². The van der Waals surface area contributed by atoms with Gasteiger partial charge in [-0.05, 0) is 76.4 Å². The van der Waals surface area contributed by atoms with Crippen LogP contribution in [0.3, 0.4) is 0 Å². The number of pyridine rings is 1. The normalized spacial score (nSPS) is 10.6. The van der Waals surface area contributed by atoms with Crippen molar-refractivity contribution >= 4 is 17.4 Å². The SMILES string of the molecule is CC(=O)c1cn(-c2ccccc2C)[n+](C)c1.Cc1c(F)c(F)c(F)c(F)c1-c1ccc(-c2ccccc2)nc1.Cc1ccccc1-[n+]1ccc(C)n1C.Cc1ccccc1-n1cc(Cl)c[n+]1C. The molecule has 67 heavy (non-hydrogen) atoms. The average Bonchev–Trinajstić information content (AvgIpc) is 4.00. The number of nitrogens with zero attached hydrogens (tertiary/aromatic N) is 7. The van der Waals surface area contributed by atoms with E-state index in [1.807, 2.05) is 118 Å². The van der Waals surface area contributed by atoms with Crippen LogP contribution < -0.4 is 14.0 Å². The Hall–Kier alpha value is -7.44. The van der Waals surface area contributed by atoms with Crippen LogP contribution in [-0.4, -0.2) is 24.8 Å². The van der Waals surface area contributed by atoms with E-state index in [9.17, 15) is 22.4 Å². The zero-order chi connectivity index (χ0) is 48.5. The molecule has 4 aromatic heterocycles. The first-order valence-electron chi connectivity index (χ1n) is 21.4. The molecule has 4 heterocycles. The maximum Gasteiger partial charge on any atom is 0.238 e. The number of hydrogen-bond acceptors (Lipinski definition) is 2. The number of benzene rings is 5. The molecule has 0 saturated heterocycles. The van der Waals surface area contributed by atoms with Crippen LogP contribution in [0, 0.1) is 57.9 Å². The standard InChI is InChI=1S/C18H11F4N.C13H15N2O.C12H15N2.C11H12ClN2/c1-10-14(16(20)18(22)17(21)15(10)19)12-7-8-13(23-9-12)11-5-3-2-4-6-11;1-10-6-4-5-7-13(10)15-9-12(11(2)16)8-14(15)3;1-10-6-4-5-7-12(10)14-9-8-11(2)13(14)3;1-9-5-3-4-6-11(9)14-8-10(12)7-13(14)2/h2-9H,1H3;4-9H,1-3H3;4-9H,1-3H3;3-8H,1-2H3/q;3*+1. The number of aromatic nitrogens is 7. The fourth-order valence-corrected chi connectivity index (χ4v) is 7.56. The Morgan fingerprint density at radius 3 is 1.63 bits per heavy atom. The van der Waals surface area contributed by atoms with E-state index in [0.717, 1.165) is 27.5 Å². The van der Waals surface area contributed by atoms with Gasteiger partial charge in [-0.2, -0.15) is 4.68 Å². The molecule has 342 valence electrons. The second-order valence-electron chi connectivity index (χ2n) is 16.0. The first-order valence-corrected chi connectivity index (χ1v) is 21.8. The van der Waals surface area contributed by atoms with E-state index in [2.05, 4.69) is 104 Å². The molecule has 0 saturated carbocycles. The Morgan fingerprint density at radius 1 is 0.597 bits per heavy atom. The second-order valence-corrected chi connectivity index (χ2v) is 16.4. The highest BCUT2D eigenvalue weighted by molar-refractivity contribution is 6.30. The molecule has 0 atom stereocenters. The van der Waals surface area contributed by atoms with E-state index in [4.69, 9.17) is 11.6 Å². The third-order valence-electron chi connectivity index (χ3n) is 11.2.